The Balaban J connectivity index is 1.43. The predicted octanol–water partition coefficient (Wildman–Crippen LogP) is 3.41. The van der Waals surface area contributed by atoms with Crippen molar-refractivity contribution in [1.82, 2.24) is 20.6 Å². The molecule has 8 heteroatoms. The Morgan fingerprint density at radius 1 is 1.30 bits per heavy atom. The van der Waals surface area contributed by atoms with Crippen molar-refractivity contribution in [2.75, 3.05) is 0 Å². The van der Waals surface area contributed by atoms with Crippen LogP contribution in [0.15, 0.2) is 36.1 Å². The lowest BCUT2D eigenvalue weighted by Crippen LogP contribution is -2.58. The molecular weight excluding hydrogens is 436 g/mol. The number of rotatable bonds is 6. The van der Waals surface area contributed by atoms with Gasteiger partial charge in [0, 0.05) is 29.2 Å². The normalized spacial score (nSPS) is 32.4. The van der Waals surface area contributed by atoms with E-state index in [1.165, 1.54) is 12.4 Å². The number of carbonyl (C=O) groups is 2. The van der Waals surface area contributed by atoms with Gasteiger partial charge in [0.05, 0.1) is 18.8 Å². The van der Waals surface area contributed by atoms with Crippen LogP contribution in [-0.2, 0) is 11.3 Å². The van der Waals surface area contributed by atoms with Crippen molar-refractivity contribution in [3.8, 4) is 0 Å². The summed E-state index contributed by atoms with van der Waals surface area (Å²) in [7, 11) is 0. The van der Waals surface area contributed by atoms with E-state index in [0.717, 1.165) is 30.6 Å². The molecule has 2 aromatic heterocycles. The smallest absolute Gasteiger partial charge is 0.271 e. The van der Waals surface area contributed by atoms with Crippen LogP contribution in [-0.4, -0.2) is 39.0 Å². The largest absolute Gasteiger partial charge is 0.392 e. The number of hydrogen-bond donors (Lipinski definition) is 3. The molecule has 2 saturated carbocycles. The second kappa shape index (κ2) is 9.89. The topological polar surface area (TPSA) is 104 Å². The van der Waals surface area contributed by atoms with Gasteiger partial charge in [-0.25, -0.2) is 4.98 Å². The first-order valence-corrected chi connectivity index (χ1v) is 12.7. The first-order chi connectivity index (χ1) is 15.8. The van der Waals surface area contributed by atoms with Crippen LogP contribution in [0.1, 0.15) is 61.8 Å². The van der Waals surface area contributed by atoms with Gasteiger partial charge in [-0.2, -0.15) is 0 Å². The van der Waals surface area contributed by atoms with Gasteiger partial charge in [-0.1, -0.05) is 26.8 Å². The van der Waals surface area contributed by atoms with E-state index in [-0.39, 0.29) is 46.9 Å². The standard InChI is InChI=1S/C25H34N4O3S/c1-15(23(31)28-13-17-5-4-12-33-17)18-6-8-25(3)9-7-19(16(2)21(25)22(18)30)29-24(32)20-14-26-10-11-27-20/h4-5,10-12,14-16,18-19,21-22,30H,6-9,13H2,1-3H3,(H,28,31)(H,29,32)/t15-,16-,18+,19-,21+,22-,25+/m0/s1. The van der Waals surface area contributed by atoms with Crippen LogP contribution >= 0.6 is 11.3 Å². The summed E-state index contributed by atoms with van der Waals surface area (Å²) in [5, 5.41) is 19.7. The molecule has 33 heavy (non-hydrogen) atoms. The lowest BCUT2D eigenvalue weighted by molar-refractivity contribution is -0.142. The Hall–Kier alpha value is -2.32. The lowest BCUT2D eigenvalue weighted by Gasteiger charge is -2.56. The van der Waals surface area contributed by atoms with E-state index in [4.69, 9.17) is 0 Å². The van der Waals surface area contributed by atoms with Gasteiger partial charge in [-0.3, -0.25) is 14.6 Å². The van der Waals surface area contributed by atoms with E-state index in [1.807, 2.05) is 24.4 Å². The fourth-order valence-corrected chi connectivity index (χ4v) is 6.74. The molecule has 0 saturated heterocycles. The summed E-state index contributed by atoms with van der Waals surface area (Å²) in [5.41, 5.74) is 0.312. The van der Waals surface area contributed by atoms with E-state index in [0.29, 0.717) is 12.2 Å². The van der Waals surface area contributed by atoms with Crippen LogP contribution in [0.4, 0.5) is 0 Å². The van der Waals surface area contributed by atoms with Gasteiger partial charge in [0.25, 0.3) is 5.91 Å². The molecule has 0 spiro atoms. The van der Waals surface area contributed by atoms with E-state index in [1.54, 1.807) is 17.5 Å². The second-order valence-electron chi connectivity index (χ2n) is 10.0. The van der Waals surface area contributed by atoms with Crippen LogP contribution in [0.25, 0.3) is 0 Å². The van der Waals surface area contributed by atoms with E-state index in [2.05, 4.69) is 34.4 Å². The van der Waals surface area contributed by atoms with Gasteiger partial charge in [0.1, 0.15) is 5.69 Å². The molecule has 3 N–H and O–H groups in total. The maximum Gasteiger partial charge on any atom is 0.271 e. The number of thiophene rings is 1. The molecule has 4 rings (SSSR count). The summed E-state index contributed by atoms with van der Waals surface area (Å²) < 4.78 is 0. The van der Waals surface area contributed by atoms with Crippen LogP contribution < -0.4 is 10.6 Å². The molecule has 2 fully saturated rings. The molecular formula is C25H34N4O3S. The van der Waals surface area contributed by atoms with Gasteiger partial charge < -0.3 is 15.7 Å². The zero-order valence-electron chi connectivity index (χ0n) is 19.5. The van der Waals surface area contributed by atoms with Crippen molar-refractivity contribution in [2.45, 2.75) is 65.1 Å². The molecule has 0 aliphatic heterocycles. The van der Waals surface area contributed by atoms with Crippen molar-refractivity contribution in [1.29, 1.82) is 0 Å². The van der Waals surface area contributed by atoms with Gasteiger partial charge in [0.15, 0.2) is 0 Å². The Bertz CT molecular complexity index is 954. The fraction of sp³-hybridized carbons (Fsp3) is 0.600. The highest BCUT2D eigenvalue weighted by Crippen LogP contribution is 2.55. The van der Waals surface area contributed by atoms with E-state index in [9.17, 15) is 14.7 Å². The van der Waals surface area contributed by atoms with Crippen molar-refractivity contribution >= 4 is 23.2 Å². The molecule has 0 radical (unpaired) electrons. The summed E-state index contributed by atoms with van der Waals surface area (Å²) in [4.78, 5) is 34.8. The van der Waals surface area contributed by atoms with Crippen LogP contribution in [0.2, 0.25) is 0 Å². The van der Waals surface area contributed by atoms with Gasteiger partial charge in [-0.05, 0) is 60.3 Å². The molecule has 0 bridgehead atoms. The molecule has 178 valence electrons. The summed E-state index contributed by atoms with van der Waals surface area (Å²) >= 11 is 1.62. The summed E-state index contributed by atoms with van der Waals surface area (Å²) in [5.74, 6) is -0.499. The number of aliphatic hydroxyl groups is 1. The molecule has 2 aliphatic carbocycles. The Labute approximate surface area is 199 Å². The summed E-state index contributed by atoms with van der Waals surface area (Å²) in [6.45, 7) is 6.84. The van der Waals surface area contributed by atoms with Crippen molar-refractivity contribution in [2.24, 2.45) is 29.1 Å². The van der Waals surface area contributed by atoms with Crippen molar-refractivity contribution in [3.05, 3.63) is 46.7 Å². The number of nitrogens with one attached hydrogen (secondary N) is 2. The third kappa shape index (κ3) is 4.96. The minimum absolute atomic E-state index is 0.00739. The molecule has 7 nitrogen and oxygen atoms in total. The van der Waals surface area contributed by atoms with Gasteiger partial charge >= 0.3 is 0 Å². The molecule has 2 aromatic rings. The minimum atomic E-state index is -0.586. The Morgan fingerprint density at radius 2 is 2.09 bits per heavy atom. The zero-order chi connectivity index (χ0) is 23.6. The van der Waals surface area contributed by atoms with Crippen LogP contribution in [0.3, 0.4) is 0 Å². The second-order valence-corrected chi connectivity index (χ2v) is 11.1. The zero-order valence-corrected chi connectivity index (χ0v) is 20.3. The van der Waals surface area contributed by atoms with E-state index >= 15 is 0 Å². The predicted molar refractivity (Wildman–Crippen MR) is 127 cm³/mol. The molecule has 2 amide bonds. The molecule has 2 heterocycles. The first-order valence-electron chi connectivity index (χ1n) is 11.8. The third-order valence-corrected chi connectivity index (χ3v) is 8.95. The highest BCUT2D eigenvalue weighted by molar-refractivity contribution is 7.09. The molecule has 2 aliphatic rings. The average molecular weight is 471 g/mol. The quantitative estimate of drug-likeness (QED) is 0.600. The number of aliphatic hydroxyl groups excluding tert-OH is 1. The highest BCUT2D eigenvalue weighted by atomic mass is 32.1. The fourth-order valence-electron chi connectivity index (χ4n) is 6.10. The molecule has 7 atom stereocenters. The number of carbonyl (C=O) groups excluding carboxylic acids is 2. The SMILES string of the molecule is C[C@@H]1[C@@H]2[C@@H](O)[C@@H]([C@H](C)C(=O)NCc3cccs3)CC[C@]2(C)CC[C@@H]1NC(=O)c1cnccn1. The van der Waals surface area contributed by atoms with Crippen molar-refractivity contribution in [3.63, 3.8) is 0 Å². The van der Waals surface area contributed by atoms with Gasteiger partial charge in [0.2, 0.25) is 5.91 Å². The number of amides is 2. The minimum Gasteiger partial charge on any atom is -0.392 e. The first kappa shape index (κ1) is 23.8. The summed E-state index contributed by atoms with van der Waals surface area (Å²) in [6, 6.07) is 3.94. The summed E-state index contributed by atoms with van der Waals surface area (Å²) in [6.07, 6.45) is 7.57. The van der Waals surface area contributed by atoms with Crippen LogP contribution in [0.5, 0.6) is 0 Å². The van der Waals surface area contributed by atoms with Crippen LogP contribution in [0, 0.1) is 29.1 Å². The number of hydrogen-bond acceptors (Lipinski definition) is 6. The van der Waals surface area contributed by atoms with Crippen molar-refractivity contribution < 1.29 is 14.7 Å². The Kier molecular flexibility index (Phi) is 7.14. The van der Waals surface area contributed by atoms with E-state index < -0.39 is 6.10 Å². The maximum absolute atomic E-state index is 12.9. The Morgan fingerprint density at radius 3 is 2.79 bits per heavy atom. The maximum atomic E-state index is 12.9. The monoisotopic (exact) mass is 470 g/mol. The van der Waals surface area contributed by atoms with Gasteiger partial charge in [-0.15, -0.1) is 11.3 Å². The number of nitrogens with zero attached hydrogens (tertiary/aromatic N) is 2. The number of aromatic nitrogens is 2. The number of fused-ring (bicyclic) bond motifs is 1. The lowest BCUT2D eigenvalue weighted by atomic mass is 9.51. The highest BCUT2D eigenvalue weighted by Gasteiger charge is 2.53. The molecule has 0 aromatic carbocycles. The molecule has 0 unspecified atom stereocenters. The third-order valence-electron chi connectivity index (χ3n) is 8.07. The average Bonchev–Trinajstić information content (AvgIpc) is 3.33.